The van der Waals surface area contributed by atoms with Crippen LogP contribution in [0.2, 0.25) is 0 Å². The largest absolute Gasteiger partial charge is 0.256 e. The summed E-state index contributed by atoms with van der Waals surface area (Å²) in [4.78, 5) is 0. The van der Waals surface area contributed by atoms with Gasteiger partial charge in [-0.2, -0.15) is 6.58 Å². The maximum absolute atomic E-state index is 3.50. The first kappa shape index (κ1) is 15.9. The molecule has 0 unspecified atom stereocenters. The summed E-state index contributed by atoms with van der Waals surface area (Å²) in [5.41, 5.74) is 0.894. The zero-order valence-corrected chi connectivity index (χ0v) is 10.2. The van der Waals surface area contributed by atoms with Crippen molar-refractivity contribution in [2.75, 3.05) is 0 Å². The fourth-order valence-corrected chi connectivity index (χ4v) is 0. The Morgan fingerprint density at radius 1 is 1.43 bits per heavy atom. The van der Waals surface area contributed by atoms with E-state index in [1.54, 1.807) is 0 Å². The average Bonchev–Trinajstić information content (AvgIpc) is 1.38. The molecule has 0 saturated heterocycles. The van der Waals surface area contributed by atoms with Gasteiger partial charge in [0.2, 0.25) is 0 Å². The van der Waals surface area contributed by atoms with Crippen LogP contribution >= 0.6 is 0 Å². The van der Waals surface area contributed by atoms with Crippen LogP contribution in [-0.2, 0) is 65.4 Å². The van der Waals surface area contributed by atoms with Gasteiger partial charge in [-0.15, -0.1) is 0 Å². The second kappa shape index (κ2) is 10.6. The fraction of sp³-hybridized carbons (Fsp3) is 0.200. The van der Waals surface area contributed by atoms with Crippen molar-refractivity contribution in [1.82, 2.24) is 0 Å². The first-order valence-corrected chi connectivity index (χ1v) is 1.46. The van der Waals surface area contributed by atoms with Crippen LogP contribution in [0.4, 0.5) is 0 Å². The quantitative estimate of drug-likeness (QED) is 0.485. The van der Waals surface area contributed by atoms with E-state index in [0.29, 0.717) is 0 Å². The van der Waals surface area contributed by atoms with Crippen molar-refractivity contribution >= 4 is 0 Å². The van der Waals surface area contributed by atoms with Gasteiger partial charge in [-0.1, -0.05) is 6.92 Å². The third-order valence-corrected chi connectivity index (χ3v) is 0.302. The van der Waals surface area contributed by atoms with Gasteiger partial charge in [0.05, 0.1) is 0 Å². The molecule has 0 aliphatic rings. The summed E-state index contributed by atoms with van der Waals surface area (Å²) < 4.78 is 0. The van der Waals surface area contributed by atoms with E-state index in [1.165, 1.54) is 0 Å². The van der Waals surface area contributed by atoms with Crippen LogP contribution in [0.25, 0.3) is 0 Å². The predicted molar refractivity (Wildman–Crippen MR) is 23.7 cm³/mol. The first-order chi connectivity index (χ1) is 2.27. The minimum Gasteiger partial charge on any atom is -0.256 e. The maximum Gasteiger partial charge on any atom is 0 e. The normalized spacial score (nSPS) is 4.71. The Hall–Kier alpha value is 1.69. The Morgan fingerprint density at radius 3 is 1.57 bits per heavy atom. The van der Waals surface area contributed by atoms with Gasteiger partial charge >= 0.3 is 0 Å². The van der Waals surface area contributed by atoms with Crippen molar-refractivity contribution in [2.45, 2.75) is 6.92 Å². The first-order valence-electron chi connectivity index (χ1n) is 1.46. The maximum atomic E-state index is 3.50. The molecule has 0 aliphatic heterocycles. The van der Waals surface area contributed by atoms with Gasteiger partial charge in [0.1, 0.15) is 0 Å². The molecule has 2 heteroatoms. The Labute approximate surface area is 95.6 Å². The minimum absolute atomic E-state index is 0. The molecule has 7 heavy (non-hydrogen) atoms. The third-order valence-electron chi connectivity index (χ3n) is 0.302. The predicted octanol–water partition coefficient (Wildman–Crippen LogP) is 1.55. The van der Waals surface area contributed by atoms with E-state index in [4.69, 9.17) is 0 Å². The number of allylic oxidation sites excluding steroid dienone is 2. The van der Waals surface area contributed by atoms with Crippen LogP contribution in [0.15, 0.2) is 18.7 Å². The standard InChI is InChI=1S/C5H7.2Y/c1-4-5(2)3;;/h1-2H2,3H3;;/q-1;;. The van der Waals surface area contributed by atoms with Crippen LogP contribution in [-0.4, -0.2) is 0 Å². The molecule has 2 radical (unpaired) electrons. The van der Waals surface area contributed by atoms with Gasteiger partial charge in [-0.25, -0.2) is 12.2 Å². The topological polar surface area (TPSA) is 0 Å². The van der Waals surface area contributed by atoms with Crippen molar-refractivity contribution in [1.29, 1.82) is 0 Å². The fourth-order valence-electron chi connectivity index (χ4n) is 0. The monoisotopic (exact) mass is 245 g/mol. The molecule has 34 valence electrons. The summed E-state index contributed by atoms with van der Waals surface area (Å²) in [6.45, 7) is 8.69. The summed E-state index contributed by atoms with van der Waals surface area (Å²) in [6, 6.07) is 0. The van der Waals surface area contributed by atoms with Crippen LogP contribution in [0.3, 0.4) is 0 Å². The Balaban J connectivity index is -0.0000000800. The average molecular weight is 245 g/mol. The molecule has 0 atom stereocenters. The smallest absolute Gasteiger partial charge is 0 e. The molecular weight excluding hydrogens is 238 g/mol. The number of rotatable bonds is 1. The molecule has 0 aliphatic carbocycles. The van der Waals surface area contributed by atoms with Gasteiger partial charge in [0, 0.05) is 65.4 Å². The molecule has 0 nitrogen and oxygen atoms in total. The Morgan fingerprint density at radius 2 is 1.57 bits per heavy atom. The number of hydrogen-bond acceptors (Lipinski definition) is 0. The van der Waals surface area contributed by atoms with Crippen molar-refractivity contribution in [2.24, 2.45) is 0 Å². The third kappa shape index (κ3) is 18.3. The van der Waals surface area contributed by atoms with Crippen molar-refractivity contribution in [3.05, 3.63) is 24.8 Å². The molecular formula is C5H7Y2-. The van der Waals surface area contributed by atoms with Crippen LogP contribution in [0.5, 0.6) is 0 Å². The van der Waals surface area contributed by atoms with Gasteiger partial charge in [0.25, 0.3) is 0 Å². The summed E-state index contributed by atoms with van der Waals surface area (Å²) >= 11 is 0. The number of hydrogen-bond donors (Lipinski definition) is 0. The molecule has 0 aromatic heterocycles. The zero-order valence-electron chi connectivity index (χ0n) is 4.57. The molecule has 0 fully saturated rings. The van der Waals surface area contributed by atoms with Gasteiger partial charge < -0.3 is 0 Å². The molecule has 0 aromatic carbocycles. The molecule has 0 N–H and O–H groups in total. The minimum atomic E-state index is 0. The molecule has 0 heterocycles. The van der Waals surface area contributed by atoms with E-state index < -0.39 is 0 Å². The summed E-state index contributed by atoms with van der Waals surface area (Å²) in [5, 5.41) is 0. The summed E-state index contributed by atoms with van der Waals surface area (Å²) in [6.07, 6.45) is 2.58. The van der Waals surface area contributed by atoms with Crippen LogP contribution in [0.1, 0.15) is 6.92 Å². The van der Waals surface area contributed by atoms with E-state index >= 15 is 0 Å². The zero-order chi connectivity index (χ0) is 4.28. The second-order valence-corrected chi connectivity index (χ2v) is 0.957. The second-order valence-electron chi connectivity index (χ2n) is 0.957. The van der Waals surface area contributed by atoms with Crippen molar-refractivity contribution in [3.8, 4) is 0 Å². The van der Waals surface area contributed by atoms with Gasteiger partial charge in [-0.3, -0.25) is 6.08 Å². The summed E-state index contributed by atoms with van der Waals surface area (Å²) in [5.74, 6) is 0. The van der Waals surface area contributed by atoms with E-state index in [0.717, 1.165) is 5.57 Å². The Bertz CT molecular complexity index is 57.1. The Kier molecular flexibility index (Phi) is 24.1. The van der Waals surface area contributed by atoms with Crippen molar-refractivity contribution in [3.63, 3.8) is 0 Å². The van der Waals surface area contributed by atoms with E-state index in [-0.39, 0.29) is 65.4 Å². The van der Waals surface area contributed by atoms with Crippen molar-refractivity contribution < 1.29 is 65.4 Å². The molecule has 0 amide bonds. The van der Waals surface area contributed by atoms with E-state index in [2.05, 4.69) is 19.2 Å². The molecule has 0 saturated carbocycles. The SMILES string of the molecule is C=[C-]C(=C)C.[Y].[Y]. The molecule has 0 spiro atoms. The van der Waals surface area contributed by atoms with Gasteiger partial charge in [0.15, 0.2) is 0 Å². The molecule has 0 rings (SSSR count). The molecule has 0 bridgehead atoms. The molecule has 0 aromatic rings. The summed E-state index contributed by atoms with van der Waals surface area (Å²) in [7, 11) is 0. The van der Waals surface area contributed by atoms with E-state index in [9.17, 15) is 0 Å². The van der Waals surface area contributed by atoms with E-state index in [1.807, 2.05) is 6.92 Å². The van der Waals surface area contributed by atoms with Crippen LogP contribution < -0.4 is 0 Å². The van der Waals surface area contributed by atoms with Gasteiger partial charge in [-0.05, 0) is 0 Å². The van der Waals surface area contributed by atoms with Crippen LogP contribution in [0, 0.1) is 6.08 Å².